The molecule has 114 valence electrons. The Bertz CT molecular complexity index is 429. The van der Waals surface area contributed by atoms with Gasteiger partial charge in [0.25, 0.3) is 5.91 Å². The fourth-order valence-electron chi connectivity index (χ4n) is 2.43. The van der Waals surface area contributed by atoms with E-state index in [-0.39, 0.29) is 11.4 Å². The second kappa shape index (κ2) is 7.45. The average molecular weight is 281 g/mol. The van der Waals surface area contributed by atoms with E-state index in [4.69, 9.17) is 10.5 Å². The first kappa shape index (κ1) is 16.7. The molecule has 20 heavy (non-hydrogen) atoms. The number of amides is 1. The number of ether oxygens (including phenoxy) is 1. The smallest absolute Gasteiger partial charge is 0.268 e. The van der Waals surface area contributed by atoms with Gasteiger partial charge in [0.2, 0.25) is 0 Å². The summed E-state index contributed by atoms with van der Waals surface area (Å²) < 4.78 is 6.95. The van der Waals surface area contributed by atoms with Crippen molar-refractivity contribution in [3.05, 3.63) is 24.0 Å². The Hall–Kier alpha value is -1.33. The number of nitrogens with two attached hydrogens (primary N) is 1. The molecule has 0 radical (unpaired) electrons. The largest absolute Gasteiger partial charge is 0.383 e. The molecule has 3 N–H and O–H groups in total. The zero-order chi connectivity index (χ0) is 15.2. The topological polar surface area (TPSA) is 69.3 Å². The van der Waals surface area contributed by atoms with Crippen LogP contribution in [0.15, 0.2) is 18.3 Å². The van der Waals surface area contributed by atoms with E-state index in [1.165, 1.54) is 0 Å². The van der Waals surface area contributed by atoms with Gasteiger partial charge >= 0.3 is 0 Å². The van der Waals surface area contributed by atoms with Gasteiger partial charge in [-0.1, -0.05) is 13.8 Å². The maximum atomic E-state index is 12.4. The van der Waals surface area contributed by atoms with E-state index >= 15 is 0 Å². The normalized spacial score (nSPS) is 14.3. The van der Waals surface area contributed by atoms with Gasteiger partial charge in [0.15, 0.2) is 0 Å². The molecule has 5 heteroatoms. The van der Waals surface area contributed by atoms with Gasteiger partial charge in [-0.2, -0.15) is 0 Å². The summed E-state index contributed by atoms with van der Waals surface area (Å²) in [6, 6.07) is 3.68. The molecule has 0 aliphatic heterocycles. The predicted molar refractivity (Wildman–Crippen MR) is 80.7 cm³/mol. The molecule has 0 spiro atoms. The van der Waals surface area contributed by atoms with Gasteiger partial charge < -0.3 is 20.4 Å². The molecule has 1 aromatic heterocycles. The Balaban J connectivity index is 2.77. The Morgan fingerprint density at radius 2 is 2.25 bits per heavy atom. The minimum Gasteiger partial charge on any atom is -0.383 e. The zero-order valence-corrected chi connectivity index (χ0v) is 13.0. The van der Waals surface area contributed by atoms with Crippen molar-refractivity contribution in [2.24, 2.45) is 11.7 Å². The standard InChI is InChI=1S/C15H27N3O2/c1-12(2)10-15(3,11-16)17-14(19)13-6-5-7-18(13)8-9-20-4/h5-7,12H,8-11,16H2,1-4H3,(H,17,19). The van der Waals surface area contributed by atoms with Crippen LogP contribution in [0.3, 0.4) is 0 Å². The van der Waals surface area contributed by atoms with E-state index < -0.39 is 0 Å². The highest BCUT2D eigenvalue weighted by Crippen LogP contribution is 2.16. The predicted octanol–water partition coefficient (Wildman–Crippen LogP) is 1.63. The number of carbonyl (C=O) groups excluding carboxylic acids is 1. The van der Waals surface area contributed by atoms with Crippen LogP contribution < -0.4 is 11.1 Å². The van der Waals surface area contributed by atoms with Crippen molar-refractivity contribution >= 4 is 5.91 Å². The quantitative estimate of drug-likeness (QED) is 0.761. The van der Waals surface area contributed by atoms with E-state index in [1.807, 2.05) is 29.8 Å². The summed E-state index contributed by atoms with van der Waals surface area (Å²) in [6.45, 7) is 7.91. The molecule has 0 aromatic carbocycles. The maximum Gasteiger partial charge on any atom is 0.268 e. The number of rotatable bonds is 8. The van der Waals surface area contributed by atoms with Gasteiger partial charge in [-0.3, -0.25) is 4.79 Å². The second-order valence-corrected chi connectivity index (χ2v) is 5.90. The maximum absolute atomic E-state index is 12.4. The van der Waals surface area contributed by atoms with Gasteiger partial charge in [-0.25, -0.2) is 0 Å². The van der Waals surface area contributed by atoms with E-state index in [2.05, 4.69) is 19.2 Å². The number of hydrogen-bond acceptors (Lipinski definition) is 3. The lowest BCUT2D eigenvalue weighted by molar-refractivity contribution is 0.0886. The first-order valence-corrected chi connectivity index (χ1v) is 7.08. The third-order valence-electron chi connectivity index (χ3n) is 3.32. The molecule has 0 saturated carbocycles. The lowest BCUT2D eigenvalue weighted by Gasteiger charge is -2.31. The molecule has 0 saturated heterocycles. The summed E-state index contributed by atoms with van der Waals surface area (Å²) in [5, 5.41) is 3.07. The number of methoxy groups -OCH3 is 1. The summed E-state index contributed by atoms with van der Waals surface area (Å²) in [5.41, 5.74) is 6.10. The molecule has 1 heterocycles. The van der Waals surface area contributed by atoms with Crippen LogP contribution in [0.5, 0.6) is 0 Å². The molecule has 5 nitrogen and oxygen atoms in total. The number of hydrogen-bond donors (Lipinski definition) is 2. The fourth-order valence-corrected chi connectivity index (χ4v) is 2.43. The highest BCUT2D eigenvalue weighted by molar-refractivity contribution is 5.93. The second-order valence-electron chi connectivity index (χ2n) is 5.90. The van der Waals surface area contributed by atoms with Crippen molar-refractivity contribution in [3.63, 3.8) is 0 Å². The lowest BCUT2D eigenvalue weighted by Crippen LogP contribution is -2.52. The highest BCUT2D eigenvalue weighted by Gasteiger charge is 2.27. The monoisotopic (exact) mass is 281 g/mol. The fraction of sp³-hybridized carbons (Fsp3) is 0.667. The van der Waals surface area contributed by atoms with Crippen LogP contribution >= 0.6 is 0 Å². The van der Waals surface area contributed by atoms with Gasteiger partial charge in [-0.05, 0) is 31.4 Å². The van der Waals surface area contributed by atoms with Crippen molar-refractivity contribution in [2.75, 3.05) is 20.3 Å². The van der Waals surface area contributed by atoms with Gasteiger partial charge in [0, 0.05) is 26.4 Å². The summed E-state index contributed by atoms with van der Waals surface area (Å²) in [4.78, 5) is 12.4. The number of carbonyl (C=O) groups is 1. The summed E-state index contributed by atoms with van der Waals surface area (Å²) in [6.07, 6.45) is 2.74. The Kier molecular flexibility index (Phi) is 6.23. The third kappa shape index (κ3) is 4.65. The molecule has 0 bridgehead atoms. The zero-order valence-electron chi connectivity index (χ0n) is 13.0. The van der Waals surface area contributed by atoms with Crippen LogP contribution in [0, 0.1) is 5.92 Å². The summed E-state index contributed by atoms with van der Waals surface area (Å²) in [7, 11) is 1.65. The Labute approximate surface area is 121 Å². The van der Waals surface area contributed by atoms with Crippen molar-refractivity contribution in [2.45, 2.75) is 39.3 Å². The van der Waals surface area contributed by atoms with E-state index in [1.54, 1.807) is 7.11 Å². The van der Waals surface area contributed by atoms with Crippen LogP contribution in [0.1, 0.15) is 37.7 Å². The SMILES string of the molecule is COCCn1cccc1C(=O)NC(C)(CN)CC(C)C. The van der Waals surface area contributed by atoms with E-state index in [9.17, 15) is 4.79 Å². The minimum atomic E-state index is -0.373. The summed E-state index contributed by atoms with van der Waals surface area (Å²) >= 11 is 0. The van der Waals surface area contributed by atoms with Crippen molar-refractivity contribution in [3.8, 4) is 0 Å². The molecule has 1 amide bonds. The average Bonchev–Trinajstić information content (AvgIpc) is 2.83. The number of nitrogens with one attached hydrogen (secondary N) is 1. The molecule has 1 unspecified atom stereocenters. The van der Waals surface area contributed by atoms with Gasteiger partial charge in [-0.15, -0.1) is 0 Å². The molecule has 0 aliphatic carbocycles. The van der Waals surface area contributed by atoms with E-state index in [0.29, 0.717) is 31.3 Å². The van der Waals surface area contributed by atoms with Crippen LogP contribution in [0.2, 0.25) is 0 Å². The van der Waals surface area contributed by atoms with E-state index in [0.717, 1.165) is 6.42 Å². The molecule has 1 aromatic rings. The lowest BCUT2D eigenvalue weighted by atomic mass is 9.90. The van der Waals surface area contributed by atoms with Crippen molar-refractivity contribution in [1.29, 1.82) is 0 Å². The first-order valence-electron chi connectivity index (χ1n) is 7.08. The van der Waals surface area contributed by atoms with Crippen LogP contribution in [0.4, 0.5) is 0 Å². The minimum absolute atomic E-state index is 0.0836. The van der Waals surface area contributed by atoms with Gasteiger partial charge in [0.05, 0.1) is 12.1 Å². The van der Waals surface area contributed by atoms with Crippen LogP contribution in [-0.4, -0.2) is 36.3 Å². The first-order chi connectivity index (χ1) is 9.41. The molecule has 1 rings (SSSR count). The number of nitrogens with zero attached hydrogens (tertiary/aromatic N) is 1. The molecular weight excluding hydrogens is 254 g/mol. The molecule has 0 aliphatic rings. The van der Waals surface area contributed by atoms with Crippen LogP contribution in [-0.2, 0) is 11.3 Å². The number of aromatic nitrogens is 1. The Morgan fingerprint density at radius 1 is 1.55 bits per heavy atom. The van der Waals surface area contributed by atoms with Crippen LogP contribution in [0.25, 0.3) is 0 Å². The Morgan fingerprint density at radius 3 is 2.80 bits per heavy atom. The molecule has 1 atom stereocenters. The summed E-state index contributed by atoms with van der Waals surface area (Å²) in [5.74, 6) is 0.392. The molecule has 0 fully saturated rings. The highest BCUT2D eigenvalue weighted by atomic mass is 16.5. The van der Waals surface area contributed by atoms with Gasteiger partial charge in [0.1, 0.15) is 5.69 Å². The molecular formula is C15H27N3O2. The third-order valence-corrected chi connectivity index (χ3v) is 3.32. The van der Waals surface area contributed by atoms with Crippen molar-refractivity contribution in [1.82, 2.24) is 9.88 Å². The van der Waals surface area contributed by atoms with Crippen molar-refractivity contribution < 1.29 is 9.53 Å².